The number of carbonyl (C=O) groups is 2. The fraction of sp³-hybridized carbons (Fsp3) is 0.129. The van der Waals surface area contributed by atoms with E-state index in [1.807, 2.05) is 44.1 Å². The number of nitrogens with one attached hydrogen (secondary N) is 1. The first-order valence-corrected chi connectivity index (χ1v) is 12.9. The molecule has 41 heavy (non-hydrogen) atoms. The number of rotatable bonds is 8. The lowest BCUT2D eigenvalue weighted by Gasteiger charge is -2.15. The van der Waals surface area contributed by atoms with E-state index >= 15 is 0 Å². The summed E-state index contributed by atoms with van der Waals surface area (Å²) in [6.45, 7) is 1.98. The van der Waals surface area contributed by atoms with Crippen LogP contribution in [-0.2, 0) is 4.79 Å². The minimum atomic E-state index is -0.433. The second kappa shape index (κ2) is 11.4. The van der Waals surface area contributed by atoms with Crippen LogP contribution in [0.1, 0.15) is 22.8 Å². The van der Waals surface area contributed by atoms with E-state index in [1.54, 1.807) is 66.7 Å². The first-order chi connectivity index (χ1) is 19.7. The Balaban J connectivity index is 1.53. The van der Waals surface area contributed by atoms with Gasteiger partial charge in [-0.3, -0.25) is 14.2 Å². The van der Waals surface area contributed by atoms with Crippen molar-refractivity contribution in [3.63, 3.8) is 0 Å². The minimum absolute atomic E-state index is 0.0902. The lowest BCUT2D eigenvalue weighted by Crippen LogP contribution is -2.23. The average Bonchev–Trinajstić information content (AvgIpc) is 3.29. The molecule has 10 nitrogen and oxygen atoms in total. The van der Waals surface area contributed by atoms with Gasteiger partial charge in [0.25, 0.3) is 0 Å². The van der Waals surface area contributed by atoms with Crippen molar-refractivity contribution in [1.29, 1.82) is 0 Å². The topological polar surface area (TPSA) is 128 Å². The van der Waals surface area contributed by atoms with Gasteiger partial charge in [0.15, 0.2) is 17.2 Å². The standard InChI is InChI=1S/C31H29N7O3/c1-20(36(2)3)12-17-26(39)35-23-10-7-11-25(18-23)38-30-27(29(32)33-19-34-30)37(31(38)41)24-15-13-22(14-16-24)28(40)21-8-5-4-6-9-21/h4-20H,1-3H3,(H,35,39)(H2,32,33,34)/b17-12+. The number of likely N-dealkylation sites (N-methyl/N-ethyl adjacent to an activating group) is 1. The van der Waals surface area contributed by atoms with Gasteiger partial charge in [0.2, 0.25) is 5.91 Å². The molecule has 1 atom stereocenters. The molecule has 0 saturated heterocycles. The van der Waals surface area contributed by atoms with Crippen LogP contribution in [0.3, 0.4) is 0 Å². The quantitative estimate of drug-likeness (QED) is 0.223. The third-order valence-corrected chi connectivity index (χ3v) is 6.79. The molecule has 1 unspecified atom stereocenters. The van der Waals surface area contributed by atoms with Gasteiger partial charge in [-0.1, -0.05) is 42.5 Å². The fourth-order valence-corrected chi connectivity index (χ4v) is 4.34. The molecule has 206 valence electrons. The number of anilines is 2. The van der Waals surface area contributed by atoms with E-state index in [9.17, 15) is 14.4 Å². The molecule has 2 aromatic heterocycles. The minimum Gasteiger partial charge on any atom is -0.382 e. The van der Waals surface area contributed by atoms with Crippen molar-refractivity contribution in [3.05, 3.63) is 119 Å². The number of nitrogens with zero attached hydrogens (tertiary/aromatic N) is 5. The van der Waals surface area contributed by atoms with E-state index in [2.05, 4.69) is 15.3 Å². The third kappa shape index (κ3) is 5.54. The highest BCUT2D eigenvalue weighted by Crippen LogP contribution is 2.24. The molecule has 1 amide bonds. The van der Waals surface area contributed by atoms with Gasteiger partial charge in [-0.15, -0.1) is 0 Å². The molecule has 0 fully saturated rings. The highest BCUT2D eigenvalue weighted by molar-refractivity contribution is 6.09. The average molecular weight is 548 g/mol. The Morgan fingerprint density at radius 2 is 1.61 bits per heavy atom. The van der Waals surface area contributed by atoms with Crippen LogP contribution in [0.4, 0.5) is 11.5 Å². The van der Waals surface area contributed by atoms with Crippen molar-refractivity contribution >= 4 is 34.4 Å². The van der Waals surface area contributed by atoms with Crippen LogP contribution >= 0.6 is 0 Å². The van der Waals surface area contributed by atoms with Gasteiger partial charge in [-0.25, -0.2) is 19.3 Å². The first kappa shape index (κ1) is 27.2. The summed E-state index contributed by atoms with van der Waals surface area (Å²) in [7, 11) is 3.86. The van der Waals surface area contributed by atoms with Crippen LogP contribution in [0.2, 0.25) is 0 Å². The van der Waals surface area contributed by atoms with Gasteiger partial charge < -0.3 is 16.0 Å². The second-order valence-electron chi connectivity index (χ2n) is 9.73. The van der Waals surface area contributed by atoms with Crippen molar-refractivity contribution < 1.29 is 9.59 Å². The molecular formula is C31H29N7O3. The molecule has 5 aromatic rings. The molecule has 0 bridgehead atoms. The Labute approximate surface area is 236 Å². The maximum absolute atomic E-state index is 13.9. The van der Waals surface area contributed by atoms with E-state index in [-0.39, 0.29) is 23.6 Å². The molecule has 0 spiro atoms. The highest BCUT2D eigenvalue weighted by atomic mass is 16.2. The third-order valence-electron chi connectivity index (χ3n) is 6.79. The van der Waals surface area contributed by atoms with E-state index in [0.717, 1.165) is 0 Å². The number of nitrogens with two attached hydrogens (primary N) is 1. The molecule has 5 rings (SSSR count). The number of hydrogen-bond acceptors (Lipinski definition) is 7. The zero-order valence-corrected chi connectivity index (χ0v) is 22.9. The maximum Gasteiger partial charge on any atom is 0.339 e. The molecule has 0 radical (unpaired) electrons. The zero-order chi connectivity index (χ0) is 29.1. The molecular weight excluding hydrogens is 518 g/mol. The monoisotopic (exact) mass is 547 g/mol. The van der Waals surface area contributed by atoms with Crippen LogP contribution < -0.4 is 16.7 Å². The smallest absolute Gasteiger partial charge is 0.339 e. The first-order valence-electron chi connectivity index (χ1n) is 12.9. The summed E-state index contributed by atoms with van der Waals surface area (Å²) < 4.78 is 2.83. The maximum atomic E-state index is 13.9. The molecule has 0 aliphatic rings. The summed E-state index contributed by atoms with van der Waals surface area (Å²) in [4.78, 5) is 49.7. The molecule has 3 N–H and O–H groups in total. The van der Waals surface area contributed by atoms with Crippen LogP contribution in [0.5, 0.6) is 0 Å². The predicted octanol–water partition coefficient (Wildman–Crippen LogP) is 3.83. The van der Waals surface area contributed by atoms with Gasteiger partial charge in [-0.05, 0) is 63.5 Å². The zero-order valence-electron chi connectivity index (χ0n) is 22.9. The van der Waals surface area contributed by atoms with Gasteiger partial charge in [-0.2, -0.15) is 0 Å². The molecule has 0 saturated carbocycles. The normalized spacial score (nSPS) is 12.2. The lowest BCUT2D eigenvalue weighted by molar-refractivity contribution is -0.111. The van der Waals surface area contributed by atoms with Gasteiger partial charge in [0, 0.05) is 28.9 Å². The second-order valence-corrected chi connectivity index (χ2v) is 9.73. The summed E-state index contributed by atoms with van der Waals surface area (Å²) in [5, 5.41) is 2.84. The van der Waals surface area contributed by atoms with E-state index in [0.29, 0.717) is 39.4 Å². The SMILES string of the molecule is CC(/C=C/C(=O)Nc1cccc(-n2c(=O)n(-c3ccc(C(=O)c4ccccc4)cc3)c3c(N)ncnc32)c1)N(C)C. The Morgan fingerprint density at radius 3 is 2.32 bits per heavy atom. The predicted molar refractivity (Wildman–Crippen MR) is 160 cm³/mol. The number of fused-ring (bicyclic) bond motifs is 1. The summed E-state index contributed by atoms with van der Waals surface area (Å²) in [5.41, 5.74) is 8.97. The Kier molecular flexibility index (Phi) is 7.57. The number of ketones is 1. The van der Waals surface area contributed by atoms with Gasteiger partial charge in [0.1, 0.15) is 11.8 Å². The lowest BCUT2D eigenvalue weighted by atomic mass is 10.0. The number of aromatic nitrogens is 4. The number of hydrogen-bond donors (Lipinski definition) is 2. The molecule has 3 aromatic carbocycles. The summed E-state index contributed by atoms with van der Waals surface area (Å²) in [5.74, 6) is -0.290. The van der Waals surface area contributed by atoms with Crippen molar-refractivity contribution in [3.8, 4) is 11.4 Å². The number of amides is 1. The fourth-order valence-electron chi connectivity index (χ4n) is 4.34. The molecule has 0 aliphatic heterocycles. The number of nitrogen functional groups attached to an aromatic ring is 1. The van der Waals surface area contributed by atoms with Crippen molar-refractivity contribution in [2.24, 2.45) is 0 Å². The van der Waals surface area contributed by atoms with Crippen molar-refractivity contribution in [2.75, 3.05) is 25.1 Å². The summed E-state index contributed by atoms with van der Waals surface area (Å²) in [6, 6.07) is 22.7. The van der Waals surface area contributed by atoms with Crippen molar-refractivity contribution in [1.82, 2.24) is 24.0 Å². The van der Waals surface area contributed by atoms with Crippen LogP contribution in [-0.4, -0.2) is 55.8 Å². The van der Waals surface area contributed by atoms with E-state index in [1.165, 1.54) is 21.5 Å². The molecule has 2 heterocycles. The summed E-state index contributed by atoms with van der Waals surface area (Å²) in [6.07, 6.45) is 4.58. The molecule has 0 aliphatic carbocycles. The van der Waals surface area contributed by atoms with Crippen LogP contribution in [0.25, 0.3) is 22.5 Å². The van der Waals surface area contributed by atoms with Gasteiger partial charge >= 0.3 is 5.69 Å². The Morgan fingerprint density at radius 1 is 0.902 bits per heavy atom. The van der Waals surface area contributed by atoms with Gasteiger partial charge in [0.05, 0.1) is 11.4 Å². The van der Waals surface area contributed by atoms with Crippen LogP contribution in [0, 0.1) is 0 Å². The Hall–Kier alpha value is -5.35. The Bertz CT molecular complexity index is 1820. The van der Waals surface area contributed by atoms with Crippen molar-refractivity contribution in [2.45, 2.75) is 13.0 Å². The highest BCUT2D eigenvalue weighted by Gasteiger charge is 2.21. The number of carbonyl (C=O) groups excluding carboxylic acids is 2. The van der Waals surface area contributed by atoms with Crippen LogP contribution in [0.15, 0.2) is 102 Å². The number of benzene rings is 3. The largest absolute Gasteiger partial charge is 0.382 e. The number of imidazole rings is 1. The van der Waals surface area contributed by atoms with E-state index in [4.69, 9.17) is 5.73 Å². The summed E-state index contributed by atoms with van der Waals surface area (Å²) >= 11 is 0. The molecule has 10 heteroatoms. The van der Waals surface area contributed by atoms with E-state index < -0.39 is 5.69 Å².